The SMILES string of the molecule is Cc1ccc(N2C[C@@H](C(=O)Oc3ccc(N4C(=O)[C@H]5CCCC[C@H]5C4=O)cc3)CC2=O)cc1C. The van der Waals surface area contributed by atoms with E-state index in [0.717, 1.165) is 42.5 Å². The van der Waals surface area contributed by atoms with Gasteiger partial charge in [0.2, 0.25) is 17.7 Å². The third kappa shape index (κ3) is 3.89. The Morgan fingerprint density at radius 3 is 2.09 bits per heavy atom. The maximum absolute atomic E-state index is 12.8. The third-order valence-corrected chi connectivity index (χ3v) is 7.42. The van der Waals surface area contributed by atoms with E-state index in [9.17, 15) is 19.2 Å². The minimum atomic E-state index is -0.557. The Kier molecular flexibility index (Phi) is 5.71. The molecule has 176 valence electrons. The van der Waals surface area contributed by atoms with Crippen molar-refractivity contribution < 1.29 is 23.9 Å². The fourth-order valence-corrected chi connectivity index (χ4v) is 5.29. The van der Waals surface area contributed by atoms with E-state index in [1.54, 1.807) is 29.2 Å². The van der Waals surface area contributed by atoms with Gasteiger partial charge < -0.3 is 9.64 Å². The van der Waals surface area contributed by atoms with E-state index in [2.05, 4.69) is 0 Å². The summed E-state index contributed by atoms with van der Waals surface area (Å²) in [7, 11) is 0. The Balaban J connectivity index is 1.24. The van der Waals surface area contributed by atoms with Crippen LogP contribution >= 0.6 is 0 Å². The number of aryl methyl sites for hydroxylation is 2. The molecule has 1 saturated carbocycles. The summed E-state index contributed by atoms with van der Waals surface area (Å²) in [6.45, 7) is 4.28. The van der Waals surface area contributed by atoms with Crippen LogP contribution in [-0.4, -0.2) is 30.2 Å². The Hall–Kier alpha value is -3.48. The van der Waals surface area contributed by atoms with Crippen molar-refractivity contribution in [2.75, 3.05) is 16.3 Å². The molecule has 2 saturated heterocycles. The van der Waals surface area contributed by atoms with E-state index < -0.39 is 11.9 Å². The van der Waals surface area contributed by atoms with Crippen LogP contribution in [0.2, 0.25) is 0 Å². The Morgan fingerprint density at radius 2 is 1.47 bits per heavy atom. The molecule has 3 aliphatic rings. The highest BCUT2D eigenvalue weighted by atomic mass is 16.5. The van der Waals surface area contributed by atoms with Crippen LogP contribution in [0.4, 0.5) is 11.4 Å². The highest BCUT2D eigenvalue weighted by Gasteiger charge is 2.48. The molecule has 5 rings (SSSR count). The van der Waals surface area contributed by atoms with Crippen LogP contribution in [0, 0.1) is 31.6 Å². The fraction of sp³-hybridized carbons (Fsp3) is 0.407. The fourth-order valence-electron chi connectivity index (χ4n) is 5.29. The molecule has 2 aromatic rings. The van der Waals surface area contributed by atoms with E-state index >= 15 is 0 Å². The van der Waals surface area contributed by atoms with Crippen LogP contribution in [0.15, 0.2) is 42.5 Å². The molecule has 2 heterocycles. The molecular weight excluding hydrogens is 432 g/mol. The lowest BCUT2D eigenvalue weighted by Gasteiger charge is -2.19. The molecule has 0 unspecified atom stereocenters. The number of benzene rings is 2. The van der Waals surface area contributed by atoms with Crippen molar-refractivity contribution >= 4 is 35.1 Å². The molecule has 0 radical (unpaired) electrons. The summed E-state index contributed by atoms with van der Waals surface area (Å²) in [6, 6.07) is 12.3. The van der Waals surface area contributed by atoms with E-state index in [4.69, 9.17) is 4.74 Å². The summed E-state index contributed by atoms with van der Waals surface area (Å²) < 4.78 is 5.53. The van der Waals surface area contributed by atoms with Gasteiger partial charge in [0.15, 0.2) is 0 Å². The van der Waals surface area contributed by atoms with Crippen LogP contribution in [0.3, 0.4) is 0 Å². The van der Waals surface area contributed by atoms with Gasteiger partial charge in [0.1, 0.15) is 5.75 Å². The first kappa shape index (κ1) is 22.3. The van der Waals surface area contributed by atoms with Crippen molar-refractivity contribution in [1.82, 2.24) is 0 Å². The summed E-state index contributed by atoms with van der Waals surface area (Å²) in [4.78, 5) is 53.8. The molecule has 3 fully saturated rings. The second-order valence-corrected chi connectivity index (χ2v) is 9.60. The van der Waals surface area contributed by atoms with Gasteiger partial charge in [0.05, 0.1) is 23.4 Å². The number of nitrogens with zero attached hydrogens (tertiary/aromatic N) is 2. The molecule has 3 atom stereocenters. The number of hydrogen-bond donors (Lipinski definition) is 0. The van der Waals surface area contributed by atoms with Crippen LogP contribution in [-0.2, 0) is 19.2 Å². The number of carbonyl (C=O) groups is 4. The van der Waals surface area contributed by atoms with Crippen molar-refractivity contribution in [2.45, 2.75) is 46.0 Å². The van der Waals surface area contributed by atoms with Crippen LogP contribution in [0.5, 0.6) is 5.75 Å². The molecule has 34 heavy (non-hydrogen) atoms. The molecule has 0 spiro atoms. The van der Waals surface area contributed by atoms with Crippen molar-refractivity contribution in [3.63, 3.8) is 0 Å². The zero-order valence-electron chi connectivity index (χ0n) is 19.5. The quantitative estimate of drug-likeness (QED) is 0.392. The number of hydrogen-bond acceptors (Lipinski definition) is 5. The zero-order valence-corrected chi connectivity index (χ0v) is 19.5. The predicted molar refractivity (Wildman–Crippen MR) is 126 cm³/mol. The lowest BCUT2D eigenvalue weighted by atomic mass is 9.81. The zero-order chi connectivity index (χ0) is 24.0. The minimum Gasteiger partial charge on any atom is -0.426 e. The summed E-state index contributed by atoms with van der Waals surface area (Å²) in [5.41, 5.74) is 3.52. The van der Waals surface area contributed by atoms with Crippen LogP contribution in [0.1, 0.15) is 43.2 Å². The van der Waals surface area contributed by atoms with E-state index in [0.29, 0.717) is 11.4 Å². The standard InChI is InChI=1S/C27H28N2O5/c1-16-7-8-20(13-17(16)2)28-15-18(14-24(28)30)27(33)34-21-11-9-19(10-12-21)29-25(31)22-5-3-4-6-23(22)26(29)32/h7-13,18,22-23H,3-6,14-15H2,1-2H3/t18-,22-,23+/m0/s1. The van der Waals surface area contributed by atoms with Gasteiger partial charge in [-0.1, -0.05) is 18.9 Å². The van der Waals surface area contributed by atoms with E-state index in [1.807, 2.05) is 32.0 Å². The van der Waals surface area contributed by atoms with Gasteiger partial charge in [-0.15, -0.1) is 0 Å². The number of esters is 1. The monoisotopic (exact) mass is 460 g/mol. The number of fused-ring (bicyclic) bond motifs is 1. The number of rotatable bonds is 4. The topological polar surface area (TPSA) is 84.0 Å². The Labute approximate surface area is 198 Å². The van der Waals surface area contributed by atoms with Gasteiger partial charge in [0.25, 0.3) is 0 Å². The van der Waals surface area contributed by atoms with Gasteiger partial charge in [-0.25, -0.2) is 0 Å². The number of anilines is 2. The molecular formula is C27H28N2O5. The molecule has 2 aliphatic heterocycles. The van der Waals surface area contributed by atoms with Gasteiger partial charge in [-0.2, -0.15) is 0 Å². The van der Waals surface area contributed by atoms with Gasteiger partial charge in [-0.3, -0.25) is 24.1 Å². The summed E-state index contributed by atoms with van der Waals surface area (Å²) in [5, 5.41) is 0. The summed E-state index contributed by atoms with van der Waals surface area (Å²) in [5.74, 6) is -1.48. The van der Waals surface area contributed by atoms with Crippen molar-refractivity contribution in [3.8, 4) is 5.75 Å². The maximum atomic E-state index is 12.8. The van der Waals surface area contributed by atoms with Gasteiger partial charge in [-0.05, 0) is 74.2 Å². The lowest BCUT2D eigenvalue weighted by molar-refractivity contribution is -0.139. The average molecular weight is 461 g/mol. The molecule has 2 aromatic carbocycles. The summed E-state index contributed by atoms with van der Waals surface area (Å²) in [6.07, 6.45) is 3.59. The maximum Gasteiger partial charge on any atom is 0.316 e. The highest BCUT2D eigenvalue weighted by Crippen LogP contribution is 2.40. The third-order valence-electron chi connectivity index (χ3n) is 7.42. The molecule has 1 aliphatic carbocycles. The molecule has 7 nitrogen and oxygen atoms in total. The average Bonchev–Trinajstić information content (AvgIpc) is 3.34. The molecule has 0 bridgehead atoms. The largest absolute Gasteiger partial charge is 0.426 e. The smallest absolute Gasteiger partial charge is 0.316 e. The van der Waals surface area contributed by atoms with Crippen LogP contribution < -0.4 is 14.5 Å². The summed E-state index contributed by atoms with van der Waals surface area (Å²) >= 11 is 0. The van der Waals surface area contributed by atoms with Crippen molar-refractivity contribution in [3.05, 3.63) is 53.6 Å². The Bertz CT molecular complexity index is 1150. The first-order valence-corrected chi connectivity index (χ1v) is 11.9. The minimum absolute atomic E-state index is 0.101. The normalized spacial score (nSPS) is 24.5. The van der Waals surface area contributed by atoms with E-state index in [1.165, 1.54) is 4.90 Å². The number of ether oxygens (including phenoxy) is 1. The number of imide groups is 1. The van der Waals surface area contributed by atoms with Crippen molar-refractivity contribution in [2.24, 2.45) is 17.8 Å². The first-order chi connectivity index (χ1) is 16.3. The van der Waals surface area contributed by atoms with E-state index in [-0.39, 0.29) is 42.5 Å². The second kappa shape index (κ2) is 8.70. The Morgan fingerprint density at radius 1 is 0.853 bits per heavy atom. The number of carbonyl (C=O) groups excluding carboxylic acids is 4. The highest BCUT2D eigenvalue weighted by molar-refractivity contribution is 6.22. The first-order valence-electron chi connectivity index (χ1n) is 11.9. The van der Waals surface area contributed by atoms with Crippen molar-refractivity contribution in [1.29, 1.82) is 0 Å². The van der Waals surface area contributed by atoms with Gasteiger partial charge >= 0.3 is 5.97 Å². The molecule has 7 heteroatoms. The predicted octanol–water partition coefficient (Wildman–Crippen LogP) is 3.94. The molecule has 0 N–H and O–H groups in total. The molecule has 0 aromatic heterocycles. The van der Waals surface area contributed by atoms with Crippen LogP contribution in [0.25, 0.3) is 0 Å². The second-order valence-electron chi connectivity index (χ2n) is 9.60. The molecule has 3 amide bonds. The van der Waals surface area contributed by atoms with Gasteiger partial charge in [0, 0.05) is 18.7 Å². The lowest BCUT2D eigenvalue weighted by Crippen LogP contribution is -2.30. The number of amides is 3.